The third kappa shape index (κ3) is 2.11. The summed E-state index contributed by atoms with van der Waals surface area (Å²) in [4.78, 5) is 16.2. The average molecular weight is 265 g/mol. The molecule has 3 rings (SSSR count). The van der Waals surface area contributed by atoms with Crippen LogP contribution in [0.1, 0.15) is 11.3 Å². The van der Waals surface area contributed by atoms with Crippen molar-refractivity contribution in [1.82, 2.24) is 4.98 Å². The number of methoxy groups -OCH3 is 1. The maximum Gasteiger partial charge on any atom is 0.310 e. The Morgan fingerprint density at radius 1 is 1.15 bits per heavy atom. The van der Waals surface area contributed by atoms with Gasteiger partial charge in [0.1, 0.15) is 0 Å². The first-order chi connectivity index (χ1) is 9.69. The Morgan fingerprint density at radius 3 is 2.75 bits per heavy atom. The fourth-order valence-electron chi connectivity index (χ4n) is 2.55. The lowest BCUT2D eigenvalue weighted by atomic mass is 10.0. The molecule has 3 heteroatoms. The molecule has 0 amide bonds. The van der Waals surface area contributed by atoms with Crippen molar-refractivity contribution in [3.8, 4) is 0 Å². The molecule has 0 saturated heterocycles. The van der Waals surface area contributed by atoms with E-state index in [1.54, 1.807) is 0 Å². The first-order valence-corrected chi connectivity index (χ1v) is 6.54. The fraction of sp³-hybridized carbons (Fsp3) is 0.176. The highest BCUT2D eigenvalue weighted by Crippen LogP contribution is 2.27. The number of rotatable bonds is 2. The summed E-state index contributed by atoms with van der Waals surface area (Å²) >= 11 is 0. The normalized spacial score (nSPS) is 10.9. The number of ether oxygens (including phenoxy) is 1. The summed E-state index contributed by atoms with van der Waals surface area (Å²) in [5, 5.41) is 3.28. The van der Waals surface area contributed by atoms with Gasteiger partial charge in [-0.2, -0.15) is 0 Å². The van der Waals surface area contributed by atoms with E-state index in [1.165, 1.54) is 7.11 Å². The summed E-state index contributed by atoms with van der Waals surface area (Å²) in [5.74, 6) is -0.231. The summed E-state index contributed by atoms with van der Waals surface area (Å²) in [6.07, 6.45) is 0.273. The van der Waals surface area contributed by atoms with E-state index in [1.807, 2.05) is 31.2 Å². The van der Waals surface area contributed by atoms with E-state index in [4.69, 9.17) is 4.74 Å². The topological polar surface area (TPSA) is 39.2 Å². The van der Waals surface area contributed by atoms with Gasteiger partial charge in [0.05, 0.1) is 19.0 Å². The predicted octanol–water partition coefficient (Wildman–Crippen LogP) is 3.41. The van der Waals surface area contributed by atoms with Gasteiger partial charge in [-0.15, -0.1) is 0 Å². The van der Waals surface area contributed by atoms with Crippen molar-refractivity contribution in [1.29, 1.82) is 0 Å². The van der Waals surface area contributed by atoms with Crippen LogP contribution in [0.5, 0.6) is 0 Å². The van der Waals surface area contributed by atoms with Crippen LogP contribution in [-0.4, -0.2) is 18.1 Å². The Hall–Kier alpha value is -2.42. The molecule has 0 aliphatic rings. The molecule has 0 aliphatic heterocycles. The van der Waals surface area contributed by atoms with E-state index in [0.717, 1.165) is 32.9 Å². The number of carbonyl (C=O) groups excluding carboxylic acids is 1. The van der Waals surface area contributed by atoms with E-state index in [0.29, 0.717) is 0 Å². The molecular weight excluding hydrogens is 250 g/mol. The molecule has 0 spiro atoms. The predicted molar refractivity (Wildman–Crippen MR) is 79.7 cm³/mol. The van der Waals surface area contributed by atoms with Crippen LogP contribution in [0.3, 0.4) is 0 Å². The molecule has 0 atom stereocenters. The standard InChI is InChI=1S/C17H15NO2/c1-11-9-13(10-16(19)20-2)15-8-7-12-5-3-4-6-14(12)17(15)18-11/h3-9H,10H2,1-2H3. The van der Waals surface area contributed by atoms with Crippen LogP contribution in [0.4, 0.5) is 0 Å². The van der Waals surface area contributed by atoms with Crippen molar-refractivity contribution in [2.24, 2.45) is 0 Å². The molecule has 0 bridgehead atoms. The Labute approximate surface area is 117 Å². The summed E-state index contributed by atoms with van der Waals surface area (Å²) in [7, 11) is 1.41. The zero-order chi connectivity index (χ0) is 14.1. The molecule has 0 N–H and O–H groups in total. The zero-order valence-corrected chi connectivity index (χ0v) is 11.5. The highest BCUT2D eigenvalue weighted by atomic mass is 16.5. The minimum Gasteiger partial charge on any atom is -0.469 e. The number of nitrogens with zero attached hydrogens (tertiary/aromatic N) is 1. The lowest BCUT2D eigenvalue weighted by molar-refractivity contribution is -0.139. The molecule has 100 valence electrons. The summed E-state index contributed by atoms with van der Waals surface area (Å²) < 4.78 is 4.77. The molecule has 0 radical (unpaired) electrons. The summed E-state index contributed by atoms with van der Waals surface area (Å²) in [6, 6.07) is 14.2. The van der Waals surface area contributed by atoms with E-state index >= 15 is 0 Å². The van der Waals surface area contributed by atoms with Gasteiger partial charge in [-0.3, -0.25) is 9.78 Å². The summed E-state index contributed by atoms with van der Waals surface area (Å²) in [5.41, 5.74) is 2.82. The van der Waals surface area contributed by atoms with Crippen LogP contribution < -0.4 is 0 Å². The van der Waals surface area contributed by atoms with Gasteiger partial charge >= 0.3 is 5.97 Å². The molecule has 1 aromatic heterocycles. The molecule has 0 fully saturated rings. The van der Waals surface area contributed by atoms with Crippen molar-refractivity contribution < 1.29 is 9.53 Å². The maximum atomic E-state index is 11.6. The number of aryl methyl sites for hydroxylation is 1. The van der Waals surface area contributed by atoms with Gasteiger partial charge in [-0.1, -0.05) is 36.4 Å². The van der Waals surface area contributed by atoms with Crippen LogP contribution in [0.25, 0.3) is 21.7 Å². The Bertz CT molecular complexity index is 809. The molecule has 1 heterocycles. The second-order valence-corrected chi connectivity index (χ2v) is 4.86. The second kappa shape index (κ2) is 4.93. The largest absolute Gasteiger partial charge is 0.469 e. The van der Waals surface area contributed by atoms with Gasteiger partial charge in [0.25, 0.3) is 0 Å². The number of hydrogen-bond donors (Lipinski definition) is 0. The Balaban J connectivity index is 2.31. The molecule has 20 heavy (non-hydrogen) atoms. The molecule has 0 aliphatic carbocycles. The van der Waals surface area contributed by atoms with Gasteiger partial charge in [0.2, 0.25) is 0 Å². The van der Waals surface area contributed by atoms with Gasteiger partial charge in [0.15, 0.2) is 0 Å². The Kier molecular flexibility index (Phi) is 3.11. The number of fused-ring (bicyclic) bond motifs is 3. The molecular formula is C17H15NO2. The zero-order valence-electron chi connectivity index (χ0n) is 11.5. The van der Waals surface area contributed by atoms with Crippen LogP contribution in [0.15, 0.2) is 42.5 Å². The van der Waals surface area contributed by atoms with Gasteiger partial charge in [-0.25, -0.2) is 0 Å². The van der Waals surface area contributed by atoms with Crippen LogP contribution >= 0.6 is 0 Å². The van der Waals surface area contributed by atoms with E-state index in [2.05, 4.69) is 23.2 Å². The second-order valence-electron chi connectivity index (χ2n) is 4.86. The number of benzene rings is 2. The van der Waals surface area contributed by atoms with Gasteiger partial charge < -0.3 is 4.74 Å². The number of carbonyl (C=O) groups is 1. The van der Waals surface area contributed by atoms with Crippen molar-refractivity contribution in [2.75, 3.05) is 7.11 Å². The van der Waals surface area contributed by atoms with Crippen molar-refractivity contribution in [3.63, 3.8) is 0 Å². The highest BCUT2D eigenvalue weighted by Gasteiger charge is 2.11. The SMILES string of the molecule is COC(=O)Cc1cc(C)nc2c1ccc1ccccc12. The lowest BCUT2D eigenvalue weighted by Crippen LogP contribution is -2.05. The van der Waals surface area contributed by atoms with Gasteiger partial charge in [-0.05, 0) is 23.9 Å². The number of aromatic nitrogens is 1. The molecule has 2 aromatic carbocycles. The van der Waals surface area contributed by atoms with Gasteiger partial charge in [0, 0.05) is 16.5 Å². The monoisotopic (exact) mass is 265 g/mol. The summed E-state index contributed by atoms with van der Waals surface area (Å²) in [6.45, 7) is 1.95. The lowest BCUT2D eigenvalue weighted by Gasteiger charge is -2.09. The van der Waals surface area contributed by atoms with Crippen molar-refractivity contribution in [3.05, 3.63) is 53.7 Å². The quantitative estimate of drug-likeness (QED) is 0.526. The van der Waals surface area contributed by atoms with Crippen LogP contribution in [-0.2, 0) is 16.0 Å². The highest BCUT2D eigenvalue weighted by molar-refractivity contribution is 6.06. The molecule has 0 unspecified atom stereocenters. The van der Waals surface area contributed by atoms with Crippen LogP contribution in [0.2, 0.25) is 0 Å². The third-order valence-corrected chi connectivity index (χ3v) is 3.48. The fourth-order valence-corrected chi connectivity index (χ4v) is 2.55. The average Bonchev–Trinajstić information content (AvgIpc) is 2.46. The third-order valence-electron chi connectivity index (χ3n) is 3.48. The van der Waals surface area contributed by atoms with Crippen molar-refractivity contribution >= 4 is 27.6 Å². The Morgan fingerprint density at radius 2 is 1.95 bits per heavy atom. The number of hydrogen-bond acceptors (Lipinski definition) is 3. The van der Waals surface area contributed by atoms with E-state index in [-0.39, 0.29) is 12.4 Å². The van der Waals surface area contributed by atoms with E-state index in [9.17, 15) is 4.79 Å². The maximum absolute atomic E-state index is 11.6. The van der Waals surface area contributed by atoms with E-state index < -0.39 is 0 Å². The number of pyridine rings is 1. The molecule has 0 saturated carbocycles. The first-order valence-electron chi connectivity index (χ1n) is 6.54. The first kappa shape index (κ1) is 12.6. The minimum atomic E-state index is -0.231. The van der Waals surface area contributed by atoms with Crippen molar-refractivity contribution in [2.45, 2.75) is 13.3 Å². The smallest absolute Gasteiger partial charge is 0.310 e. The molecule has 3 nitrogen and oxygen atoms in total. The molecule has 3 aromatic rings. The minimum absolute atomic E-state index is 0.231. The number of esters is 1. The van der Waals surface area contributed by atoms with Crippen LogP contribution in [0, 0.1) is 6.92 Å².